The first-order chi connectivity index (χ1) is 8.95. The van der Waals surface area contributed by atoms with Crippen LogP contribution in [0.25, 0.3) is 0 Å². The molecule has 0 saturated heterocycles. The van der Waals surface area contributed by atoms with Crippen LogP contribution in [0.4, 0.5) is 0 Å². The predicted octanol–water partition coefficient (Wildman–Crippen LogP) is 3.79. The van der Waals surface area contributed by atoms with E-state index in [1.807, 2.05) is 32.0 Å². The molecule has 0 saturated carbocycles. The first-order valence-electron chi connectivity index (χ1n) is 6.12. The number of H-pyrrole nitrogens is 1. The maximum absolute atomic E-state index is 10.6. The highest BCUT2D eigenvalue weighted by atomic mass is 79.9. The lowest BCUT2D eigenvalue weighted by Crippen LogP contribution is -2.04. The van der Waals surface area contributed by atoms with E-state index in [1.165, 1.54) is 5.56 Å². The molecule has 19 heavy (non-hydrogen) atoms. The lowest BCUT2D eigenvalue weighted by molar-refractivity contribution is 0.209. The summed E-state index contributed by atoms with van der Waals surface area (Å²) in [4.78, 5) is 3.26. The van der Waals surface area contributed by atoms with Gasteiger partial charge >= 0.3 is 0 Å². The van der Waals surface area contributed by atoms with Crippen LogP contribution >= 0.6 is 15.9 Å². The van der Waals surface area contributed by atoms with E-state index in [4.69, 9.17) is 4.74 Å². The Morgan fingerprint density at radius 3 is 2.42 bits per heavy atom. The van der Waals surface area contributed by atoms with Gasteiger partial charge in [0.15, 0.2) is 0 Å². The fraction of sp³-hybridized carbons (Fsp3) is 0.333. The Bertz CT molecular complexity index is 604. The highest BCUT2D eigenvalue weighted by Crippen LogP contribution is 2.34. The third kappa shape index (κ3) is 2.55. The number of aromatic nitrogens is 1. The van der Waals surface area contributed by atoms with Gasteiger partial charge in [-0.15, -0.1) is 0 Å². The van der Waals surface area contributed by atoms with Gasteiger partial charge in [-0.3, -0.25) is 0 Å². The Morgan fingerprint density at radius 1 is 1.21 bits per heavy atom. The molecule has 1 aromatic carbocycles. The molecule has 2 rings (SSSR count). The smallest absolute Gasteiger partial charge is 0.126 e. The van der Waals surface area contributed by atoms with Gasteiger partial charge in [-0.25, -0.2) is 0 Å². The van der Waals surface area contributed by atoms with Crippen LogP contribution in [0.15, 0.2) is 22.7 Å². The van der Waals surface area contributed by atoms with Crippen molar-refractivity contribution in [2.24, 2.45) is 0 Å². The molecular weight excluding hydrogens is 306 g/mol. The van der Waals surface area contributed by atoms with Gasteiger partial charge in [0.2, 0.25) is 0 Å². The predicted molar refractivity (Wildman–Crippen MR) is 79.8 cm³/mol. The van der Waals surface area contributed by atoms with Gasteiger partial charge in [0.05, 0.1) is 12.8 Å². The van der Waals surface area contributed by atoms with E-state index >= 15 is 0 Å². The Morgan fingerprint density at radius 2 is 1.89 bits per heavy atom. The summed E-state index contributed by atoms with van der Waals surface area (Å²) in [6.45, 7) is 6.08. The molecule has 1 heterocycles. The topological polar surface area (TPSA) is 45.2 Å². The zero-order valence-electron chi connectivity index (χ0n) is 11.5. The number of aliphatic hydroxyl groups excluding tert-OH is 1. The molecule has 0 amide bonds. The van der Waals surface area contributed by atoms with Crippen LogP contribution in [-0.4, -0.2) is 17.2 Å². The molecule has 0 fully saturated rings. The normalized spacial score (nSPS) is 12.5. The Hall–Kier alpha value is -1.26. The second-order valence-corrected chi connectivity index (χ2v) is 5.62. The molecule has 102 valence electrons. The number of benzene rings is 1. The van der Waals surface area contributed by atoms with Gasteiger partial charge in [0, 0.05) is 15.7 Å². The summed E-state index contributed by atoms with van der Waals surface area (Å²) in [5, 5.41) is 10.6. The molecule has 2 N–H and O–H groups in total. The lowest BCUT2D eigenvalue weighted by atomic mass is 10.0. The van der Waals surface area contributed by atoms with Crippen molar-refractivity contribution in [2.75, 3.05) is 7.11 Å². The monoisotopic (exact) mass is 323 g/mol. The van der Waals surface area contributed by atoms with E-state index in [0.717, 1.165) is 27.0 Å². The van der Waals surface area contributed by atoms with Gasteiger partial charge in [-0.05, 0) is 44.0 Å². The van der Waals surface area contributed by atoms with Crippen molar-refractivity contribution < 1.29 is 9.84 Å². The second-order valence-electron chi connectivity index (χ2n) is 4.70. The minimum Gasteiger partial charge on any atom is -0.496 e. The number of aliphatic hydroxyl groups is 1. The van der Waals surface area contributed by atoms with Crippen molar-refractivity contribution in [1.82, 2.24) is 4.98 Å². The summed E-state index contributed by atoms with van der Waals surface area (Å²) in [5.74, 6) is 0.672. The van der Waals surface area contributed by atoms with Crippen LogP contribution in [0, 0.1) is 20.8 Å². The van der Waals surface area contributed by atoms with E-state index in [9.17, 15) is 5.11 Å². The van der Waals surface area contributed by atoms with Gasteiger partial charge in [0.1, 0.15) is 11.9 Å². The Balaban J connectivity index is 2.49. The van der Waals surface area contributed by atoms with Crippen LogP contribution < -0.4 is 4.74 Å². The largest absolute Gasteiger partial charge is 0.496 e. The first kappa shape index (κ1) is 14.2. The number of nitrogens with one attached hydrogen (secondary N) is 1. The van der Waals surface area contributed by atoms with E-state index in [2.05, 4.69) is 27.8 Å². The lowest BCUT2D eigenvalue weighted by Gasteiger charge is -2.15. The number of rotatable bonds is 3. The highest BCUT2D eigenvalue weighted by Gasteiger charge is 2.20. The van der Waals surface area contributed by atoms with Crippen molar-refractivity contribution in [2.45, 2.75) is 26.9 Å². The fourth-order valence-corrected chi connectivity index (χ4v) is 2.55. The maximum atomic E-state index is 10.6. The van der Waals surface area contributed by atoms with Gasteiger partial charge in [0.25, 0.3) is 0 Å². The van der Waals surface area contributed by atoms with Gasteiger partial charge in [-0.1, -0.05) is 22.0 Å². The van der Waals surface area contributed by atoms with E-state index < -0.39 is 6.10 Å². The van der Waals surface area contributed by atoms with Crippen LogP contribution in [0.2, 0.25) is 0 Å². The van der Waals surface area contributed by atoms with Crippen LogP contribution in [0.1, 0.15) is 34.2 Å². The average molecular weight is 324 g/mol. The molecule has 1 atom stereocenters. The molecule has 1 aromatic heterocycles. The third-order valence-corrected chi connectivity index (χ3v) is 4.11. The summed E-state index contributed by atoms with van der Waals surface area (Å²) < 4.78 is 6.27. The molecule has 2 aromatic rings. The average Bonchev–Trinajstić information content (AvgIpc) is 2.65. The van der Waals surface area contributed by atoms with Gasteiger partial charge < -0.3 is 14.8 Å². The minimum atomic E-state index is -0.713. The summed E-state index contributed by atoms with van der Waals surface area (Å²) in [7, 11) is 1.61. The molecule has 0 radical (unpaired) electrons. The van der Waals surface area contributed by atoms with Crippen molar-refractivity contribution in [1.29, 1.82) is 0 Å². The van der Waals surface area contributed by atoms with E-state index in [1.54, 1.807) is 7.11 Å². The number of aryl methyl sites for hydroxylation is 1. The SMILES string of the molecule is COc1cc(Br)ccc1C(O)c1[nH]c(C)c(C)c1C. The highest BCUT2D eigenvalue weighted by molar-refractivity contribution is 9.10. The zero-order valence-corrected chi connectivity index (χ0v) is 13.1. The molecule has 3 nitrogen and oxygen atoms in total. The standard InChI is InChI=1S/C15H18BrNO2/c1-8-9(2)14(17-10(8)3)15(18)12-6-5-11(16)7-13(12)19-4/h5-7,15,17-18H,1-4H3. The summed E-state index contributed by atoms with van der Waals surface area (Å²) in [5.41, 5.74) is 4.95. The molecule has 0 spiro atoms. The molecule has 0 aliphatic carbocycles. The molecule has 0 aliphatic heterocycles. The number of methoxy groups -OCH3 is 1. The van der Waals surface area contributed by atoms with Crippen molar-refractivity contribution >= 4 is 15.9 Å². The molecule has 4 heteroatoms. The number of hydrogen-bond acceptors (Lipinski definition) is 2. The van der Waals surface area contributed by atoms with Crippen LogP contribution in [-0.2, 0) is 0 Å². The van der Waals surface area contributed by atoms with Crippen LogP contribution in [0.5, 0.6) is 5.75 Å². The fourth-order valence-electron chi connectivity index (χ4n) is 2.21. The quantitative estimate of drug-likeness (QED) is 0.902. The molecule has 0 aliphatic rings. The van der Waals surface area contributed by atoms with Crippen molar-refractivity contribution in [3.05, 3.63) is 50.8 Å². The summed E-state index contributed by atoms with van der Waals surface area (Å²) in [6, 6.07) is 5.63. The second kappa shape index (κ2) is 5.39. The van der Waals surface area contributed by atoms with Crippen molar-refractivity contribution in [3.8, 4) is 5.75 Å². The molecule has 1 unspecified atom stereocenters. The third-order valence-electron chi connectivity index (χ3n) is 3.61. The number of ether oxygens (including phenoxy) is 1. The number of hydrogen-bond donors (Lipinski definition) is 2. The van der Waals surface area contributed by atoms with Crippen LogP contribution in [0.3, 0.4) is 0 Å². The Labute approximate surface area is 121 Å². The number of halogens is 1. The van der Waals surface area contributed by atoms with E-state index in [-0.39, 0.29) is 0 Å². The summed E-state index contributed by atoms with van der Waals surface area (Å²) in [6.07, 6.45) is -0.713. The van der Waals surface area contributed by atoms with E-state index in [0.29, 0.717) is 5.75 Å². The maximum Gasteiger partial charge on any atom is 0.126 e. The molecule has 0 bridgehead atoms. The summed E-state index contributed by atoms with van der Waals surface area (Å²) >= 11 is 3.40. The minimum absolute atomic E-state index is 0.672. The zero-order chi connectivity index (χ0) is 14.2. The van der Waals surface area contributed by atoms with Crippen molar-refractivity contribution in [3.63, 3.8) is 0 Å². The first-order valence-corrected chi connectivity index (χ1v) is 6.92. The number of aromatic amines is 1. The van der Waals surface area contributed by atoms with Gasteiger partial charge in [-0.2, -0.15) is 0 Å². The molecular formula is C15H18BrNO2. The Kier molecular flexibility index (Phi) is 4.02.